The largest absolute Gasteiger partial charge is 0.481 e. The molecule has 236 valence electrons. The first-order chi connectivity index (χ1) is 21.8. The van der Waals surface area contributed by atoms with Crippen LogP contribution < -0.4 is 0 Å². The summed E-state index contributed by atoms with van der Waals surface area (Å²) in [5.41, 5.74) is 0.299. The molecular weight excluding hydrogens is 569 g/mol. The third kappa shape index (κ3) is 5.91. The number of carbonyl (C=O) groups is 1. The molecule has 5 heteroatoms. The quantitative estimate of drug-likeness (QED) is 0.275. The highest BCUT2D eigenvalue weighted by atomic mass is 19.1. The molecule has 6 rings (SSSR count). The lowest BCUT2D eigenvalue weighted by Crippen LogP contribution is -2.44. The molecule has 2 fully saturated rings. The van der Waals surface area contributed by atoms with Gasteiger partial charge in [0.05, 0.1) is 11.3 Å². The fraction of sp³-hybridized carbons (Fsp3) is 0.425. The predicted molar refractivity (Wildman–Crippen MR) is 174 cm³/mol. The lowest BCUT2D eigenvalue weighted by atomic mass is 9.52. The zero-order chi connectivity index (χ0) is 31.6. The topological polar surface area (TPSA) is 37.3 Å². The van der Waals surface area contributed by atoms with Gasteiger partial charge in [-0.2, -0.15) is 0 Å². The molecule has 0 saturated heterocycles. The van der Waals surface area contributed by atoms with Gasteiger partial charge in [-0.3, -0.25) is 4.79 Å². The molecule has 0 atom stereocenters. The highest BCUT2D eigenvalue weighted by Gasteiger charge is 2.53. The molecule has 0 aromatic heterocycles. The van der Waals surface area contributed by atoms with Crippen LogP contribution in [0.25, 0.3) is 11.1 Å². The van der Waals surface area contributed by atoms with E-state index >= 15 is 13.2 Å². The lowest BCUT2D eigenvalue weighted by Gasteiger charge is -2.51. The van der Waals surface area contributed by atoms with Crippen LogP contribution >= 0.6 is 0 Å². The van der Waals surface area contributed by atoms with Gasteiger partial charge in [0.1, 0.15) is 17.5 Å². The first-order valence-corrected chi connectivity index (χ1v) is 16.8. The number of benzene rings is 3. The minimum atomic E-state index is -1.30. The minimum absolute atomic E-state index is 0.200. The van der Waals surface area contributed by atoms with Crippen molar-refractivity contribution in [1.82, 2.24) is 0 Å². The summed E-state index contributed by atoms with van der Waals surface area (Å²) >= 11 is 0. The van der Waals surface area contributed by atoms with Gasteiger partial charge in [-0.15, -0.1) is 0 Å². The van der Waals surface area contributed by atoms with E-state index in [1.807, 2.05) is 0 Å². The summed E-state index contributed by atoms with van der Waals surface area (Å²) in [6, 6.07) is 19.1. The predicted octanol–water partition coefficient (Wildman–Crippen LogP) is 10.6. The van der Waals surface area contributed by atoms with E-state index in [0.717, 1.165) is 31.6 Å². The number of allylic oxidation sites excluding steroid dienone is 2. The van der Waals surface area contributed by atoms with E-state index in [4.69, 9.17) is 0 Å². The van der Waals surface area contributed by atoms with Crippen molar-refractivity contribution in [3.8, 4) is 0 Å². The zero-order valence-corrected chi connectivity index (χ0v) is 26.0. The monoisotopic (exact) mass is 612 g/mol. The number of carboxylic acid groups (broad SMARTS) is 1. The number of aliphatic carboxylic acids is 1. The van der Waals surface area contributed by atoms with Gasteiger partial charge in [-0.1, -0.05) is 99.4 Å². The van der Waals surface area contributed by atoms with Crippen LogP contribution in [0.2, 0.25) is 0 Å². The van der Waals surface area contributed by atoms with Crippen molar-refractivity contribution in [1.29, 1.82) is 0 Å². The summed E-state index contributed by atoms with van der Waals surface area (Å²) in [5, 5.41) is 10.3. The smallest absolute Gasteiger partial charge is 0.314 e. The molecule has 45 heavy (non-hydrogen) atoms. The third-order valence-corrected chi connectivity index (χ3v) is 11.1. The van der Waals surface area contributed by atoms with Crippen molar-refractivity contribution in [2.24, 2.45) is 29.6 Å². The molecule has 1 N–H and O–H groups in total. The van der Waals surface area contributed by atoms with Crippen molar-refractivity contribution in [3.63, 3.8) is 0 Å². The zero-order valence-electron chi connectivity index (χ0n) is 26.0. The summed E-state index contributed by atoms with van der Waals surface area (Å²) in [5.74, 6) is -1.88. The SMILES string of the molecule is CCCC1CCC(C2CCC(C3(c4ccccc4F)C(c4ccccc4F)=CC(C(=O)O)C=C3c3ccccc3F)CC2)CC1. The Balaban J connectivity index is 1.51. The number of halogens is 3. The van der Waals surface area contributed by atoms with Gasteiger partial charge in [0.2, 0.25) is 0 Å². The van der Waals surface area contributed by atoms with Crippen molar-refractivity contribution < 1.29 is 23.1 Å². The van der Waals surface area contributed by atoms with Gasteiger partial charge in [-0.05, 0) is 91.5 Å². The summed E-state index contributed by atoms with van der Waals surface area (Å²) in [4.78, 5) is 12.6. The first kappa shape index (κ1) is 31.4. The maximum absolute atomic E-state index is 16.3. The second-order valence-electron chi connectivity index (χ2n) is 13.5. The highest BCUT2D eigenvalue weighted by molar-refractivity contribution is 5.98. The molecule has 0 amide bonds. The molecule has 3 aliphatic carbocycles. The Morgan fingerprint density at radius 2 is 1.16 bits per heavy atom. The number of hydrogen-bond donors (Lipinski definition) is 1. The van der Waals surface area contributed by atoms with Crippen molar-refractivity contribution >= 4 is 17.1 Å². The maximum atomic E-state index is 16.3. The lowest BCUT2D eigenvalue weighted by molar-refractivity contribution is -0.138. The molecule has 3 aromatic rings. The van der Waals surface area contributed by atoms with Gasteiger partial charge in [-0.25, -0.2) is 13.2 Å². The first-order valence-electron chi connectivity index (χ1n) is 16.8. The second-order valence-corrected chi connectivity index (χ2v) is 13.5. The van der Waals surface area contributed by atoms with Crippen LogP contribution in [0.4, 0.5) is 13.2 Å². The maximum Gasteiger partial charge on any atom is 0.314 e. The summed E-state index contributed by atoms with van der Waals surface area (Å²) < 4.78 is 48.0. The molecular formula is C40H43F3O2. The normalized spacial score (nSPS) is 28.7. The van der Waals surface area contributed by atoms with Crippen LogP contribution in [0.5, 0.6) is 0 Å². The second kappa shape index (κ2) is 13.4. The average Bonchev–Trinajstić information content (AvgIpc) is 3.05. The van der Waals surface area contributed by atoms with Crippen molar-refractivity contribution in [2.45, 2.75) is 76.5 Å². The van der Waals surface area contributed by atoms with Crippen LogP contribution in [0, 0.1) is 47.0 Å². The fourth-order valence-electron chi connectivity index (χ4n) is 9.03. The van der Waals surface area contributed by atoms with Crippen molar-refractivity contribution in [3.05, 3.63) is 119 Å². The molecule has 0 radical (unpaired) electrons. The Morgan fingerprint density at radius 1 is 0.689 bits per heavy atom. The summed E-state index contributed by atoms with van der Waals surface area (Å²) in [6.45, 7) is 2.26. The fourth-order valence-corrected chi connectivity index (χ4v) is 9.03. The Labute approximate surface area is 265 Å². The van der Waals surface area contributed by atoms with Gasteiger partial charge in [0, 0.05) is 16.7 Å². The molecule has 0 aliphatic heterocycles. The van der Waals surface area contributed by atoms with Gasteiger partial charge < -0.3 is 5.11 Å². The van der Waals surface area contributed by atoms with E-state index in [9.17, 15) is 9.90 Å². The molecule has 2 nitrogen and oxygen atoms in total. The van der Waals surface area contributed by atoms with E-state index in [2.05, 4.69) is 6.92 Å². The van der Waals surface area contributed by atoms with E-state index in [1.165, 1.54) is 56.7 Å². The van der Waals surface area contributed by atoms with E-state index in [1.54, 1.807) is 66.7 Å². The minimum Gasteiger partial charge on any atom is -0.481 e. The Kier molecular flexibility index (Phi) is 9.35. The molecule has 3 aromatic carbocycles. The number of rotatable bonds is 8. The van der Waals surface area contributed by atoms with E-state index in [0.29, 0.717) is 28.5 Å². The standard InChI is InChI=1S/C40H43F3O2/c1-2-9-26-16-18-27(19-17-26)28-20-22-30(23-21-28)40(33-12-5-8-15-38(33)43)34(31-10-3-6-13-36(31)41)24-29(39(44)45)25-35(40)32-11-4-7-14-37(32)42/h3-8,10-15,24-30H,2,9,16-23H2,1H3,(H,44,45). The van der Waals surface area contributed by atoms with Crippen LogP contribution in [-0.4, -0.2) is 11.1 Å². The number of hydrogen-bond acceptors (Lipinski definition) is 1. The van der Waals surface area contributed by atoms with Crippen LogP contribution in [0.15, 0.2) is 84.9 Å². The third-order valence-electron chi connectivity index (χ3n) is 11.1. The summed E-state index contributed by atoms with van der Waals surface area (Å²) in [6.07, 6.45) is 14.2. The van der Waals surface area contributed by atoms with Crippen molar-refractivity contribution in [2.75, 3.05) is 0 Å². The van der Waals surface area contributed by atoms with E-state index < -0.39 is 34.8 Å². The molecule has 0 bridgehead atoms. The molecule has 3 aliphatic rings. The Morgan fingerprint density at radius 3 is 1.62 bits per heavy atom. The van der Waals surface area contributed by atoms with Crippen LogP contribution in [0.1, 0.15) is 87.8 Å². The average molecular weight is 613 g/mol. The highest BCUT2D eigenvalue weighted by Crippen LogP contribution is 2.61. The Hall–Kier alpha value is -3.60. The van der Waals surface area contributed by atoms with E-state index in [-0.39, 0.29) is 17.0 Å². The van der Waals surface area contributed by atoms with Gasteiger partial charge in [0.25, 0.3) is 0 Å². The molecule has 0 unspecified atom stereocenters. The molecule has 0 spiro atoms. The van der Waals surface area contributed by atoms with Gasteiger partial charge in [0.15, 0.2) is 0 Å². The van der Waals surface area contributed by atoms with Gasteiger partial charge >= 0.3 is 5.97 Å². The van der Waals surface area contributed by atoms with Crippen LogP contribution in [0.3, 0.4) is 0 Å². The number of carboxylic acids is 1. The molecule has 0 heterocycles. The van der Waals surface area contributed by atoms with Crippen LogP contribution in [-0.2, 0) is 10.2 Å². The molecule has 2 saturated carbocycles. The Bertz CT molecular complexity index is 1510. The summed E-state index contributed by atoms with van der Waals surface area (Å²) in [7, 11) is 0.